The van der Waals surface area contributed by atoms with Crippen LogP contribution in [0.5, 0.6) is 0 Å². The molecule has 3 fully saturated rings. The minimum Gasteiger partial charge on any atom is -0.326 e. The summed E-state index contributed by atoms with van der Waals surface area (Å²) in [6, 6.07) is 7.59. The fourth-order valence-corrected chi connectivity index (χ4v) is 3.66. The standard InChI is InChI=1S/C16H25N3/c1-12-7-13(2)9-14(8-12)10-15(17)16-11-18-3-5-19(16)6-4-18/h7-9,15-16H,3-6,10-11,17H2,1-2H3. The van der Waals surface area contributed by atoms with Crippen molar-refractivity contribution in [2.45, 2.75) is 32.4 Å². The van der Waals surface area contributed by atoms with Crippen molar-refractivity contribution in [1.82, 2.24) is 9.80 Å². The molecule has 3 aliphatic rings. The fourth-order valence-electron chi connectivity index (χ4n) is 3.66. The van der Waals surface area contributed by atoms with E-state index in [0.717, 1.165) is 13.0 Å². The predicted molar refractivity (Wildman–Crippen MR) is 79.4 cm³/mol. The van der Waals surface area contributed by atoms with Crippen LogP contribution < -0.4 is 5.73 Å². The second-order valence-electron chi connectivity index (χ2n) is 6.27. The van der Waals surface area contributed by atoms with Crippen molar-refractivity contribution < 1.29 is 0 Å². The molecule has 3 heteroatoms. The van der Waals surface area contributed by atoms with Crippen molar-refractivity contribution in [1.29, 1.82) is 0 Å². The van der Waals surface area contributed by atoms with Crippen LogP contribution >= 0.6 is 0 Å². The summed E-state index contributed by atoms with van der Waals surface area (Å²) in [7, 11) is 0. The van der Waals surface area contributed by atoms with Crippen LogP contribution in [0, 0.1) is 13.8 Å². The molecule has 3 saturated heterocycles. The molecule has 4 rings (SSSR count). The zero-order chi connectivity index (χ0) is 13.4. The molecule has 2 N–H and O–H groups in total. The maximum absolute atomic E-state index is 6.50. The first-order chi connectivity index (χ1) is 9.11. The van der Waals surface area contributed by atoms with Crippen molar-refractivity contribution in [3.63, 3.8) is 0 Å². The Kier molecular flexibility index (Phi) is 3.61. The summed E-state index contributed by atoms with van der Waals surface area (Å²) in [5, 5.41) is 0. The van der Waals surface area contributed by atoms with Crippen LogP contribution in [0.4, 0.5) is 0 Å². The van der Waals surface area contributed by atoms with E-state index in [4.69, 9.17) is 5.73 Å². The normalized spacial score (nSPS) is 31.4. The molecule has 104 valence electrons. The van der Waals surface area contributed by atoms with Gasteiger partial charge in [-0.15, -0.1) is 0 Å². The average Bonchev–Trinajstić information content (AvgIpc) is 2.38. The van der Waals surface area contributed by atoms with E-state index in [0.29, 0.717) is 6.04 Å². The lowest BCUT2D eigenvalue weighted by Gasteiger charge is -2.49. The zero-order valence-electron chi connectivity index (χ0n) is 12.1. The van der Waals surface area contributed by atoms with Gasteiger partial charge < -0.3 is 5.73 Å². The molecule has 0 saturated carbocycles. The molecular weight excluding hydrogens is 234 g/mol. The van der Waals surface area contributed by atoms with E-state index >= 15 is 0 Å². The third-order valence-corrected chi connectivity index (χ3v) is 4.57. The molecule has 3 heterocycles. The topological polar surface area (TPSA) is 32.5 Å². The van der Waals surface area contributed by atoms with E-state index in [1.165, 1.54) is 42.9 Å². The van der Waals surface area contributed by atoms with Crippen LogP contribution in [0.3, 0.4) is 0 Å². The lowest BCUT2D eigenvalue weighted by atomic mass is 9.94. The molecule has 1 aromatic carbocycles. The van der Waals surface area contributed by atoms with Gasteiger partial charge in [-0.2, -0.15) is 0 Å². The first-order valence-corrected chi connectivity index (χ1v) is 7.41. The summed E-state index contributed by atoms with van der Waals surface area (Å²) in [4.78, 5) is 5.15. The van der Waals surface area contributed by atoms with Gasteiger partial charge >= 0.3 is 0 Å². The Morgan fingerprint density at radius 1 is 1.11 bits per heavy atom. The minimum atomic E-state index is 0.254. The van der Waals surface area contributed by atoms with Crippen LogP contribution in [0.25, 0.3) is 0 Å². The van der Waals surface area contributed by atoms with Crippen LogP contribution in [0.15, 0.2) is 18.2 Å². The summed E-state index contributed by atoms with van der Waals surface area (Å²) in [5.74, 6) is 0. The van der Waals surface area contributed by atoms with Crippen molar-refractivity contribution in [2.24, 2.45) is 5.73 Å². The van der Waals surface area contributed by atoms with Gasteiger partial charge in [-0.05, 0) is 25.8 Å². The Hall–Kier alpha value is -0.900. The molecule has 0 radical (unpaired) electrons. The Labute approximate surface area is 116 Å². The third-order valence-electron chi connectivity index (χ3n) is 4.57. The SMILES string of the molecule is Cc1cc(C)cc(CC(N)C2CN3CCN2CC3)c1. The Balaban J connectivity index is 1.69. The van der Waals surface area contributed by atoms with Gasteiger partial charge in [0.15, 0.2) is 0 Å². The number of nitrogens with zero attached hydrogens (tertiary/aromatic N) is 2. The van der Waals surface area contributed by atoms with Crippen LogP contribution in [0.2, 0.25) is 0 Å². The molecule has 0 amide bonds. The van der Waals surface area contributed by atoms with E-state index in [2.05, 4.69) is 41.8 Å². The number of fused-ring (bicyclic) bond motifs is 3. The molecule has 19 heavy (non-hydrogen) atoms. The molecule has 0 aromatic heterocycles. The first-order valence-electron chi connectivity index (χ1n) is 7.41. The molecule has 0 aliphatic carbocycles. The fraction of sp³-hybridized carbons (Fsp3) is 0.625. The van der Waals surface area contributed by atoms with Crippen molar-refractivity contribution >= 4 is 0 Å². The number of rotatable bonds is 3. The third kappa shape index (κ3) is 2.83. The minimum absolute atomic E-state index is 0.254. The monoisotopic (exact) mass is 259 g/mol. The maximum Gasteiger partial charge on any atom is 0.0378 e. The Bertz CT molecular complexity index is 429. The highest BCUT2D eigenvalue weighted by Gasteiger charge is 2.35. The number of aryl methyl sites for hydroxylation is 2. The first kappa shape index (κ1) is 13.1. The van der Waals surface area contributed by atoms with E-state index in [-0.39, 0.29) is 6.04 Å². The van der Waals surface area contributed by atoms with Gasteiger partial charge in [0, 0.05) is 44.8 Å². The van der Waals surface area contributed by atoms with Gasteiger partial charge in [-0.25, -0.2) is 0 Å². The van der Waals surface area contributed by atoms with E-state index in [9.17, 15) is 0 Å². The van der Waals surface area contributed by atoms with E-state index < -0.39 is 0 Å². The molecule has 2 atom stereocenters. The number of nitrogens with two attached hydrogens (primary N) is 1. The van der Waals surface area contributed by atoms with Crippen molar-refractivity contribution in [3.05, 3.63) is 34.9 Å². The lowest BCUT2D eigenvalue weighted by molar-refractivity contribution is 0.00258. The summed E-state index contributed by atoms with van der Waals surface area (Å²) in [5.41, 5.74) is 10.6. The zero-order valence-corrected chi connectivity index (χ0v) is 12.1. The maximum atomic E-state index is 6.50. The molecule has 0 spiro atoms. The highest BCUT2D eigenvalue weighted by atomic mass is 15.3. The number of benzene rings is 1. The van der Waals surface area contributed by atoms with E-state index in [1.807, 2.05) is 0 Å². The molecule has 3 aliphatic heterocycles. The summed E-state index contributed by atoms with van der Waals surface area (Å²) < 4.78 is 0. The molecular formula is C16H25N3. The van der Waals surface area contributed by atoms with Crippen LogP contribution in [-0.2, 0) is 6.42 Å². The second-order valence-corrected chi connectivity index (χ2v) is 6.27. The molecule has 3 nitrogen and oxygen atoms in total. The number of hydrogen-bond donors (Lipinski definition) is 1. The quantitative estimate of drug-likeness (QED) is 0.884. The molecule has 2 bridgehead atoms. The number of hydrogen-bond acceptors (Lipinski definition) is 3. The average molecular weight is 259 g/mol. The van der Waals surface area contributed by atoms with Gasteiger partial charge in [0.25, 0.3) is 0 Å². The Morgan fingerprint density at radius 2 is 1.74 bits per heavy atom. The van der Waals surface area contributed by atoms with Crippen LogP contribution in [0.1, 0.15) is 16.7 Å². The van der Waals surface area contributed by atoms with Crippen molar-refractivity contribution in [2.75, 3.05) is 32.7 Å². The lowest BCUT2D eigenvalue weighted by Crippen LogP contribution is -2.66. The van der Waals surface area contributed by atoms with Gasteiger partial charge in [0.1, 0.15) is 0 Å². The molecule has 2 unspecified atom stereocenters. The van der Waals surface area contributed by atoms with Crippen LogP contribution in [-0.4, -0.2) is 54.6 Å². The summed E-state index contributed by atoms with van der Waals surface area (Å²) in [6.45, 7) is 10.3. The highest BCUT2D eigenvalue weighted by molar-refractivity contribution is 5.29. The largest absolute Gasteiger partial charge is 0.326 e. The second kappa shape index (κ2) is 5.23. The van der Waals surface area contributed by atoms with Gasteiger partial charge in [-0.3, -0.25) is 9.80 Å². The number of piperazine rings is 3. The Morgan fingerprint density at radius 3 is 2.26 bits per heavy atom. The van der Waals surface area contributed by atoms with E-state index in [1.54, 1.807) is 0 Å². The van der Waals surface area contributed by atoms with Gasteiger partial charge in [-0.1, -0.05) is 29.3 Å². The highest BCUT2D eigenvalue weighted by Crippen LogP contribution is 2.20. The summed E-state index contributed by atoms with van der Waals surface area (Å²) >= 11 is 0. The van der Waals surface area contributed by atoms with Crippen molar-refractivity contribution in [3.8, 4) is 0 Å². The predicted octanol–water partition coefficient (Wildman–Crippen LogP) is 1.17. The summed E-state index contributed by atoms with van der Waals surface area (Å²) in [6.07, 6.45) is 0.998. The smallest absolute Gasteiger partial charge is 0.0378 e. The molecule has 1 aromatic rings. The van der Waals surface area contributed by atoms with Gasteiger partial charge in [0.05, 0.1) is 0 Å². The van der Waals surface area contributed by atoms with Gasteiger partial charge in [0.2, 0.25) is 0 Å².